The first-order valence-electron chi connectivity index (χ1n) is 12.8. The molecule has 170 valence electrons. The predicted octanol–water partition coefficient (Wildman–Crippen LogP) is 8.26. The second kappa shape index (κ2) is 9.35. The lowest BCUT2D eigenvalue weighted by atomic mass is 9.60. The summed E-state index contributed by atoms with van der Waals surface area (Å²) in [6.07, 6.45) is 17.1. The maximum Gasteiger partial charge on any atom is 0.0634 e. The van der Waals surface area contributed by atoms with Gasteiger partial charge in [0.25, 0.3) is 0 Å². The van der Waals surface area contributed by atoms with Crippen LogP contribution in [0.3, 0.4) is 0 Å². The highest BCUT2D eigenvalue weighted by Crippen LogP contribution is 2.60. The molecule has 1 heteroatoms. The highest BCUT2D eigenvalue weighted by molar-refractivity contribution is 5.37. The predicted molar refractivity (Wildman–Crippen MR) is 130 cm³/mol. The van der Waals surface area contributed by atoms with E-state index in [2.05, 4.69) is 60.3 Å². The first-order valence-corrected chi connectivity index (χ1v) is 12.8. The summed E-state index contributed by atoms with van der Waals surface area (Å²) in [5.74, 6) is 3.34. The van der Waals surface area contributed by atoms with Crippen LogP contribution in [0.4, 0.5) is 0 Å². The van der Waals surface area contributed by atoms with Crippen LogP contribution in [0.15, 0.2) is 35.5 Å². The van der Waals surface area contributed by atoms with Crippen molar-refractivity contribution in [3.8, 4) is 0 Å². The molecule has 0 aliphatic heterocycles. The molecule has 5 atom stereocenters. The van der Waals surface area contributed by atoms with E-state index in [9.17, 15) is 5.11 Å². The lowest BCUT2D eigenvalue weighted by Crippen LogP contribution is -2.36. The Morgan fingerprint density at radius 2 is 1.83 bits per heavy atom. The highest BCUT2D eigenvalue weighted by Gasteiger charge is 2.50. The number of aliphatic hydroxyl groups is 1. The van der Waals surface area contributed by atoms with E-state index in [-0.39, 0.29) is 11.5 Å². The van der Waals surface area contributed by atoms with Gasteiger partial charge in [-0.25, -0.2) is 0 Å². The average Bonchev–Trinajstić information content (AvgIpc) is 3.00. The van der Waals surface area contributed by atoms with Crippen LogP contribution in [-0.2, 0) is 0 Å². The molecule has 0 unspecified atom stereocenters. The molecule has 0 bridgehead atoms. The lowest BCUT2D eigenvalue weighted by Gasteiger charge is -2.44. The van der Waals surface area contributed by atoms with Crippen LogP contribution in [0.2, 0.25) is 0 Å². The average molecular weight is 413 g/mol. The van der Waals surface area contributed by atoms with Crippen molar-refractivity contribution >= 4 is 0 Å². The molecule has 0 radical (unpaired) electrons. The Bertz CT molecular complexity index is 678. The fourth-order valence-electron chi connectivity index (χ4n) is 7.07. The molecule has 3 saturated carbocycles. The molecule has 0 spiro atoms. The quantitative estimate of drug-likeness (QED) is 0.465. The van der Waals surface area contributed by atoms with Gasteiger partial charge in [0, 0.05) is 0 Å². The van der Waals surface area contributed by atoms with Crippen molar-refractivity contribution in [2.75, 3.05) is 0 Å². The molecule has 3 rings (SSSR count). The molecule has 3 fully saturated rings. The van der Waals surface area contributed by atoms with Gasteiger partial charge in [0.15, 0.2) is 0 Å². The van der Waals surface area contributed by atoms with Crippen LogP contribution in [0.25, 0.3) is 0 Å². The van der Waals surface area contributed by atoms with Crippen LogP contribution >= 0.6 is 0 Å². The molecule has 3 aliphatic rings. The van der Waals surface area contributed by atoms with E-state index in [1.54, 1.807) is 5.57 Å². The molecular weight excluding hydrogens is 364 g/mol. The normalized spacial score (nSPS) is 37.7. The van der Waals surface area contributed by atoms with Gasteiger partial charge in [-0.1, -0.05) is 90.7 Å². The summed E-state index contributed by atoms with van der Waals surface area (Å²) in [4.78, 5) is 0. The van der Waals surface area contributed by atoms with E-state index in [4.69, 9.17) is 0 Å². The van der Waals surface area contributed by atoms with Gasteiger partial charge in [0.2, 0.25) is 0 Å². The summed E-state index contributed by atoms with van der Waals surface area (Å²) in [5, 5.41) is 10.6. The molecule has 1 N–H and O–H groups in total. The maximum atomic E-state index is 10.6. The number of rotatable bonds is 6. The summed E-state index contributed by atoms with van der Waals surface area (Å²) in [5.41, 5.74) is 4.63. The van der Waals surface area contributed by atoms with E-state index >= 15 is 0 Å². The molecule has 0 aromatic heterocycles. The maximum absolute atomic E-state index is 10.6. The van der Waals surface area contributed by atoms with Gasteiger partial charge in [0.05, 0.1) is 6.10 Å². The van der Waals surface area contributed by atoms with Gasteiger partial charge >= 0.3 is 0 Å². The molecule has 1 nitrogen and oxygen atoms in total. The van der Waals surface area contributed by atoms with E-state index in [0.29, 0.717) is 5.41 Å². The summed E-state index contributed by atoms with van der Waals surface area (Å²) in [7, 11) is 0. The number of allylic oxidation sites excluding steroid dienone is 4. The Hall–Kier alpha value is -0.820. The Morgan fingerprint density at radius 3 is 2.53 bits per heavy atom. The number of aliphatic hydroxyl groups excluding tert-OH is 1. The van der Waals surface area contributed by atoms with Crippen molar-refractivity contribution < 1.29 is 5.11 Å². The summed E-state index contributed by atoms with van der Waals surface area (Å²) >= 11 is 0. The van der Waals surface area contributed by atoms with Crippen LogP contribution in [-0.4, -0.2) is 11.2 Å². The van der Waals surface area contributed by atoms with E-state index < -0.39 is 0 Å². The summed E-state index contributed by atoms with van der Waals surface area (Å²) < 4.78 is 0. The number of fused-ring (bicyclic) bond motifs is 1. The van der Waals surface area contributed by atoms with Gasteiger partial charge in [0.1, 0.15) is 0 Å². The second-order valence-corrected chi connectivity index (χ2v) is 12.3. The molecule has 0 aromatic rings. The van der Waals surface area contributed by atoms with Crippen LogP contribution in [0.1, 0.15) is 106 Å². The van der Waals surface area contributed by atoms with Crippen molar-refractivity contribution in [1.82, 2.24) is 0 Å². The first kappa shape index (κ1) is 23.8. The van der Waals surface area contributed by atoms with E-state index in [1.807, 2.05) is 0 Å². The Labute approximate surface area is 187 Å². The zero-order valence-electron chi connectivity index (χ0n) is 20.8. The van der Waals surface area contributed by atoms with Gasteiger partial charge in [-0.2, -0.15) is 0 Å². The first-order chi connectivity index (χ1) is 14.0. The molecule has 0 saturated heterocycles. The minimum atomic E-state index is -0.258. The topological polar surface area (TPSA) is 20.2 Å². The monoisotopic (exact) mass is 412 g/mol. The zero-order valence-corrected chi connectivity index (χ0v) is 20.8. The standard InChI is InChI=1S/C29H48O/c1-20(2)10-8-11-21(3)25-15-16-26-23(12-9-17-29(25,26)7)13-14-24-18-27(30)28(5,6)19-22(24)4/h13-14,20-21,25-27,30H,4,8-12,15-19H2,1-3,5-7H3/b23-13+,24-14+/t21-,25-,26+,27+,29-/m1/s1. The van der Waals surface area contributed by atoms with E-state index in [0.717, 1.165) is 36.5 Å². The molecular formula is C29H48O. The fraction of sp³-hybridized carbons (Fsp3) is 0.793. The van der Waals surface area contributed by atoms with Crippen molar-refractivity contribution in [2.24, 2.45) is 34.5 Å². The molecule has 30 heavy (non-hydrogen) atoms. The number of hydrogen-bond donors (Lipinski definition) is 1. The summed E-state index contributed by atoms with van der Waals surface area (Å²) in [6.45, 7) is 18.5. The van der Waals surface area contributed by atoms with Gasteiger partial charge in [-0.15, -0.1) is 0 Å². The minimum absolute atomic E-state index is 0.0463. The van der Waals surface area contributed by atoms with Crippen molar-refractivity contribution in [3.63, 3.8) is 0 Å². The smallest absolute Gasteiger partial charge is 0.0634 e. The Morgan fingerprint density at radius 1 is 1.10 bits per heavy atom. The lowest BCUT2D eigenvalue weighted by molar-refractivity contribution is 0.0421. The largest absolute Gasteiger partial charge is 0.392 e. The van der Waals surface area contributed by atoms with Crippen molar-refractivity contribution in [1.29, 1.82) is 0 Å². The molecule has 3 aliphatic carbocycles. The fourth-order valence-corrected chi connectivity index (χ4v) is 7.07. The Balaban J connectivity index is 1.71. The van der Waals surface area contributed by atoms with Crippen molar-refractivity contribution in [2.45, 2.75) is 112 Å². The third-order valence-electron chi connectivity index (χ3n) is 9.10. The summed E-state index contributed by atoms with van der Waals surface area (Å²) in [6, 6.07) is 0. The third-order valence-corrected chi connectivity index (χ3v) is 9.10. The second-order valence-electron chi connectivity index (χ2n) is 12.3. The van der Waals surface area contributed by atoms with Crippen LogP contribution in [0.5, 0.6) is 0 Å². The molecule has 0 amide bonds. The SMILES string of the molecule is C=C1CC(C)(C)[C@@H](O)C/C1=C\C=C1/CCC[C@]2(C)[C@@H]([C@H](C)CCCC(C)C)CC[C@@H]12. The van der Waals surface area contributed by atoms with E-state index in [1.165, 1.54) is 62.5 Å². The minimum Gasteiger partial charge on any atom is -0.392 e. The number of hydrogen-bond acceptors (Lipinski definition) is 1. The molecule has 0 aromatic carbocycles. The van der Waals surface area contributed by atoms with Crippen LogP contribution in [0, 0.1) is 34.5 Å². The Kier molecular flexibility index (Phi) is 7.43. The molecule has 0 heterocycles. The highest BCUT2D eigenvalue weighted by atomic mass is 16.3. The third kappa shape index (κ3) is 4.98. The van der Waals surface area contributed by atoms with Gasteiger partial charge in [-0.3, -0.25) is 0 Å². The van der Waals surface area contributed by atoms with Crippen molar-refractivity contribution in [3.05, 3.63) is 35.5 Å². The van der Waals surface area contributed by atoms with Crippen LogP contribution < -0.4 is 0 Å². The van der Waals surface area contributed by atoms with Gasteiger partial charge < -0.3 is 5.11 Å². The zero-order chi connectivity index (χ0) is 22.1. The van der Waals surface area contributed by atoms with Gasteiger partial charge in [-0.05, 0) is 85.0 Å².